The molecule has 24 heavy (non-hydrogen) atoms. The minimum absolute atomic E-state index is 0.235. The van der Waals surface area contributed by atoms with Crippen molar-refractivity contribution in [2.45, 2.75) is 12.8 Å². The maximum absolute atomic E-state index is 12.6. The SMILES string of the molecule is COC(=O)C1CCN(S(=O)(=O)Nc2cccc3cccnc23)CC1. The Bertz CT molecular complexity index is 840. The molecule has 1 aliphatic rings. The average Bonchev–Trinajstić information content (AvgIpc) is 2.61. The molecule has 1 aromatic carbocycles. The van der Waals surface area contributed by atoms with Crippen LogP contribution in [0.1, 0.15) is 12.8 Å². The summed E-state index contributed by atoms with van der Waals surface area (Å²) in [5.41, 5.74) is 1.05. The molecule has 0 aliphatic carbocycles. The highest BCUT2D eigenvalue weighted by Gasteiger charge is 2.31. The monoisotopic (exact) mass is 349 g/mol. The summed E-state index contributed by atoms with van der Waals surface area (Å²) in [5.74, 6) is -0.515. The molecule has 1 saturated heterocycles. The molecule has 1 aromatic heterocycles. The molecule has 0 saturated carbocycles. The Kier molecular flexibility index (Phi) is 4.68. The van der Waals surface area contributed by atoms with Crippen molar-refractivity contribution in [2.75, 3.05) is 24.9 Å². The van der Waals surface area contributed by atoms with Gasteiger partial charge in [-0.3, -0.25) is 14.5 Å². The van der Waals surface area contributed by atoms with Crippen molar-refractivity contribution >= 4 is 32.8 Å². The quantitative estimate of drug-likeness (QED) is 0.850. The Morgan fingerprint density at radius 1 is 1.25 bits per heavy atom. The molecular formula is C16H19N3O4S. The molecular weight excluding hydrogens is 330 g/mol. The largest absolute Gasteiger partial charge is 0.469 e. The lowest BCUT2D eigenvalue weighted by Gasteiger charge is -2.30. The van der Waals surface area contributed by atoms with Crippen molar-refractivity contribution < 1.29 is 17.9 Å². The smallest absolute Gasteiger partial charge is 0.308 e. The van der Waals surface area contributed by atoms with E-state index in [9.17, 15) is 13.2 Å². The number of nitrogens with zero attached hydrogens (tertiary/aromatic N) is 2. The third kappa shape index (κ3) is 3.34. The number of ether oxygens (including phenoxy) is 1. The fourth-order valence-electron chi connectivity index (χ4n) is 2.89. The van der Waals surface area contributed by atoms with Crippen LogP contribution in [-0.4, -0.2) is 43.9 Å². The van der Waals surface area contributed by atoms with Crippen LogP contribution >= 0.6 is 0 Å². The number of nitrogens with one attached hydrogen (secondary N) is 1. The van der Waals surface area contributed by atoms with Crippen LogP contribution in [0.3, 0.4) is 0 Å². The van der Waals surface area contributed by atoms with Crippen LogP contribution in [0.5, 0.6) is 0 Å². The minimum atomic E-state index is -3.69. The molecule has 2 heterocycles. The van der Waals surface area contributed by atoms with E-state index in [1.54, 1.807) is 24.4 Å². The molecule has 0 amide bonds. The Labute approximate surface area is 140 Å². The lowest BCUT2D eigenvalue weighted by atomic mass is 9.99. The number of carbonyl (C=O) groups is 1. The highest BCUT2D eigenvalue weighted by Crippen LogP contribution is 2.25. The number of piperidine rings is 1. The molecule has 1 fully saturated rings. The van der Waals surface area contributed by atoms with Gasteiger partial charge in [-0.25, -0.2) is 0 Å². The van der Waals surface area contributed by atoms with Crippen LogP contribution in [0.2, 0.25) is 0 Å². The number of carbonyl (C=O) groups excluding carboxylic acids is 1. The number of pyridine rings is 1. The predicted octanol–water partition coefficient (Wildman–Crippen LogP) is 1.78. The predicted molar refractivity (Wildman–Crippen MR) is 90.6 cm³/mol. The van der Waals surface area contributed by atoms with E-state index in [1.165, 1.54) is 11.4 Å². The molecule has 0 atom stereocenters. The first-order chi connectivity index (χ1) is 11.5. The molecule has 0 spiro atoms. The molecule has 0 bridgehead atoms. The van der Waals surface area contributed by atoms with Crippen molar-refractivity contribution in [1.82, 2.24) is 9.29 Å². The summed E-state index contributed by atoms with van der Waals surface area (Å²) < 4.78 is 33.9. The second-order valence-electron chi connectivity index (χ2n) is 5.68. The molecule has 0 unspecified atom stereocenters. The fraction of sp³-hybridized carbons (Fsp3) is 0.375. The van der Waals surface area contributed by atoms with Gasteiger partial charge >= 0.3 is 16.2 Å². The van der Waals surface area contributed by atoms with E-state index in [0.29, 0.717) is 24.0 Å². The fourth-order valence-corrected chi connectivity index (χ4v) is 4.15. The van der Waals surface area contributed by atoms with Crippen LogP contribution < -0.4 is 4.72 Å². The first-order valence-electron chi connectivity index (χ1n) is 7.71. The molecule has 1 N–H and O–H groups in total. The van der Waals surface area contributed by atoms with Gasteiger partial charge in [-0.15, -0.1) is 0 Å². The summed E-state index contributed by atoms with van der Waals surface area (Å²) in [6.07, 6.45) is 2.55. The number of hydrogen-bond donors (Lipinski definition) is 1. The number of para-hydroxylation sites is 1. The van der Waals surface area contributed by atoms with Crippen LogP contribution in [0, 0.1) is 5.92 Å². The van der Waals surface area contributed by atoms with Crippen molar-refractivity contribution in [3.63, 3.8) is 0 Å². The van der Waals surface area contributed by atoms with E-state index in [1.807, 2.05) is 12.1 Å². The van der Waals surface area contributed by atoms with Gasteiger partial charge in [0.2, 0.25) is 0 Å². The Hall–Kier alpha value is -2.19. The van der Waals surface area contributed by atoms with Gasteiger partial charge in [0.05, 0.1) is 24.2 Å². The van der Waals surface area contributed by atoms with Gasteiger partial charge in [-0.05, 0) is 25.0 Å². The Balaban J connectivity index is 1.76. The zero-order valence-electron chi connectivity index (χ0n) is 13.3. The van der Waals surface area contributed by atoms with Gasteiger partial charge in [0, 0.05) is 24.7 Å². The first kappa shape index (κ1) is 16.7. The zero-order valence-corrected chi connectivity index (χ0v) is 14.1. The van der Waals surface area contributed by atoms with Crippen molar-refractivity contribution in [1.29, 1.82) is 0 Å². The number of benzene rings is 1. The topological polar surface area (TPSA) is 88.6 Å². The van der Waals surface area contributed by atoms with Gasteiger partial charge < -0.3 is 4.74 Å². The van der Waals surface area contributed by atoms with Crippen LogP contribution in [0.4, 0.5) is 5.69 Å². The number of hydrogen-bond acceptors (Lipinski definition) is 5. The van der Waals surface area contributed by atoms with E-state index in [2.05, 4.69) is 9.71 Å². The van der Waals surface area contributed by atoms with E-state index in [0.717, 1.165) is 5.39 Å². The lowest BCUT2D eigenvalue weighted by molar-refractivity contribution is -0.146. The summed E-state index contributed by atoms with van der Waals surface area (Å²) in [6.45, 7) is 0.570. The summed E-state index contributed by atoms with van der Waals surface area (Å²) >= 11 is 0. The van der Waals surface area contributed by atoms with Gasteiger partial charge in [-0.1, -0.05) is 18.2 Å². The normalized spacial score (nSPS) is 16.9. The Morgan fingerprint density at radius 3 is 2.67 bits per heavy atom. The third-order valence-electron chi connectivity index (χ3n) is 4.20. The lowest BCUT2D eigenvalue weighted by Crippen LogP contribution is -2.43. The van der Waals surface area contributed by atoms with E-state index < -0.39 is 10.2 Å². The zero-order chi connectivity index (χ0) is 17.2. The number of fused-ring (bicyclic) bond motifs is 1. The number of methoxy groups -OCH3 is 1. The maximum Gasteiger partial charge on any atom is 0.308 e. The summed E-state index contributed by atoms with van der Waals surface area (Å²) in [7, 11) is -2.34. The Morgan fingerprint density at radius 2 is 1.96 bits per heavy atom. The van der Waals surface area contributed by atoms with Crippen LogP contribution in [0.15, 0.2) is 36.5 Å². The van der Waals surface area contributed by atoms with E-state index in [-0.39, 0.29) is 25.0 Å². The highest BCUT2D eigenvalue weighted by atomic mass is 32.2. The van der Waals surface area contributed by atoms with Gasteiger partial charge in [0.1, 0.15) is 0 Å². The van der Waals surface area contributed by atoms with Gasteiger partial charge in [0.15, 0.2) is 0 Å². The molecule has 128 valence electrons. The summed E-state index contributed by atoms with van der Waals surface area (Å²) in [4.78, 5) is 15.8. The van der Waals surface area contributed by atoms with E-state index >= 15 is 0 Å². The van der Waals surface area contributed by atoms with Gasteiger partial charge in [0.25, 0.3) is 0 Å². The number of esters is 1. The molecule has 8 heteroatoms. The maximum atomic E-state index is 12.6. The number of rotatable bonds is 4. The molecule has 0 radical (unpaired) electrons. The second-order valence-corrected chi connectivity index (χ2v) is 7.35. The second kappa shape index (κ2) is 6.74. The molecule has 1 aliphatic heterocycles. The molecule has 2 aromatic rings. The number of anilines is 1. The van der Waals surface area contributed by atoms with Crippen molar-refractivity contribution in [2.24, 2.45) is 5.92 Å². The van der Waals surface area contributed by atoms with Crippen molar-refractivity contribution in [3.05, 3.63) is 36.5 Å². The molecule has 7 nitrogen and oxygen atoms in total. The van der Waals surface area contributed by atoms with Gasteiger partial charge in [-0.2, -0.15) is 12.7 Å². The third-order valence-corrected chi connectivity index (χ3v) is 5.72. The van der Waals surface area contributed by atoms with Crippen LogP contribution in [-0.2, 0) is 19.7 Å². The van der Waals surface area contributed by atoms with Crippen molar-refractivity contribution in [3.8, 4) is 0 Å². The highest BCUT2D eigenvalue weighted by molar-refractivity contribution is 7.90. The average molecular weight is 349 g/mol. The standard InChI is InChI=1S/C16H19N3O4S/c1-23-16(20)13-7-10-19(11-8-13)24(21,22)18-14-6-2-4-12-5-3-9-17-15(12)14/h2-6,9,13,18H,7-8,10-11H2,1H3. The minimum Gasteiger partial charge on any atom is -0.469 e. The summed E-state index contributed by atoms with van der Waals surface area (Å²) in [6, 6.07) is 9.03. The molecule has 3 rings (SSSR count). The first-order valence-corrected chi connectivity index (χ1v) is 9.15. The van der Waals surface area contributed by atoms with E-state index in [4.69, 9.17) is 4.74 Å². The summed E-state index contributed by atoms with van der Waals surface area (Å²) in [5, 5.41) is 0.863. The number of aromatic nitrogens is 1. The van der Waals surface area contributed by atoms with Crippen LogP contribution in [0.25, 0.3) is 10.9 Å².